The number of hydrogen-bond donors (Lipinski definition) is 2. The van der Waals surface area contributed by atoms with Gasteiger partial charge in [0.25, 0.3) is 0 Å². The Kier molecular flexibility index (Phi) is 12.2. The topological polar surface area (TPSA) is 77.0 Å². The second kappa shape index (κ2) is 14.2. The molecule has 0 spiro atoms. The third-order valence-corrected chi connectivity index (χ3v) is 4.03. The maximum atomic E-state index is 5.57. The Morgan fingerprint density at radius 2 is 1.81 bits per heavy atom. The zero-order valence-corrected chi connectivity index (χ0v) is 17.6. The first kappa shape index (κ1) is 23.2. The SMILES string of the molecule is CCCCOCCOCCNC(=NCc1ncc(C)c(OC)c1C)NCC. The summed E-state index contributed by atoms with van der Waals surface area (Å²) < 4.78 is 16.5. The average Bonchev–Trinajstić information content (AvgIpc) is 2.66. The van der Waals surface area contributed by atoms with Crippen molar-refractivity contribution < 1.29 is 14.2 Å². The highest BCUT2D eigenvalue weighted by atomic mass is 16.5. The van der Waals surface area contributed by atoms with Crippen molar-refractivity contribution in [3.05, 3.63) is 23.0 Å². The van der Waals surface area contributed by atoms with Gasteiger partial charge in [-0.15, -0.1) is 0 Å². The summed E-state index contributed by atoms with van der Waals surface area (Å²) in [5, 5.41) is 6.51. The van der Waals surface area contributed by atoms with Crippen LogP contribution in [-0.4, -0.2) is 57.6 Å². The minimum absolute atomic E-state index is 0.490. The van der Waals surface area contributed by atoms with Crippen molar-refractivity contribution in [2.24, 2.45) is 4.99 Å². The molecule has 0 aliphatic carbocycles. The summed E-state index contributed by atoms with van der Waals surface area (Å²) in [5.41, 5.74) is 2.97. The van der Waals surface area contributed by atoms with Gasteiger partial charge in [-0.2, -0.15) is 0 Å². The Balaban J connectivity index is 2.40. The van der Waals surface area contributed by atoms with E-state index in [1.807, 2.05) is 27.0 Å². The van der Waals surface area contributed by atoms with Gasteiger partial charge >= 0.3 is 0 Å². The quantitative estimate of drug-likeness (QED) is 0.311. The molecule has 0 saturated heterocycles. The maximum Gasteiger partial charge on any atom is 0.191 e. The highest BCUT2D eigenvalue weighted by molar-refractivity contribution is 5.79. The minimum Gasteiger partial charge on any atom is -0.496 e. The fourth-order valence-corrected chi connectivity index (χ4v) is 2.54. The van der Waals surface area contributed by atoms with Crippen LogP contribution in [0.1, 0.15) is 43.5 Å². The lowest BCUT2D eigenvalue weighted by atomic mass is 10.1. The van der Waals surface area contributed by atoms with E-state index < -0.39 is 0 Å². The van der Waals surface area contributed by atoms with E-state index in [1.54, 1.807) is 7.11 Å². The predicted octanol–water partition coefficient (Wildman–Crippen LogP) is 2.60. The van der Waals surface area contributed by atoms with Crippen LogP contribution in [0, 0.1) is 13.8 Å². The first-order valence-corrected chi connectivity index (χ1v) is 9.80. The molecule has 7 heteroatoms. The third kappa shape index (κ3) is 9.06. The molecule has 7 nitrogen and oxygen atoms in total. The van der Waals surface area contributed by atoms with E-state index >= 15 is 0 Å². The molecule has 1 rings (SSSR count). The summed E-state index contributed by atoms with van der Waals surface area (Å²) in [6.07, 6.45) is 4.08. The second-order valence-corrected chi connectivity index (χ2v) is 6.25. The lowest BCUT2D eigenvalue weighted by Crippen LogP contribution is -2.39. The monoisotopic (exact) mass is 380 g/mol. The average molecular weight is 381 g/mol. The molecule has 0 saturated carbocycles. The third-order valence-electron chi connectivity index (χ3n) is 4.03. The van der Waals surface area contributed by atoms with Crippen molar-refractivity contribution in [3.63, 3.8) is 0 Å². The first-order chi connectivity index (χ1) is 13.1. The Hall–Kier alpha value is -1.86. The van der Waals surface area contributed by atoms with E-state index in [4.69, 9.17) is 14.2 Å². The van der Waals surface area contributed by atoms with Crippen molar-refractivity contribution >= 4 is 5.96 Å². The molecule has 0 aromatic carbocycles. The molecule has 2 N–H and O–H groups in total. The number of ether oxygens (including phenoxy) is 3. The molecule has 0 radical (unpaired) electrons. The number of aromatic nitrogens is 1. The zero-order chi connectivity index (χ0) is 19.9. The van der Waals surface area contributed by atoms with Gasteiger partial charge in [0.1, 0.15) is 5.75 Å². The molecular formula is C20H36N4O3. The van der Waals surface area contributed by atoms with E-state index in [1.165, 1.54) is 0 Å². The van der Waals surface area contributed by atoms with Gasteiger partial charge in [0.2, 0.25) is 0 Å². The normalized spacial score (nSPS) is 11.5. The molecule has 0 amide bonds. The summed E-state index contributed by atoms with van der Waals surface area (Å²) in [4.78, 5) is 9.10. The maximum absolute atomic E-state index is 5.57. The minimum atomic E-state index is 0.490. The van der Waals surface area contributed by atoms with E-state index in [0.717, 1.165) is 54.5 Å². The molecule has 1 aromatic rings. The Labute approximate surface area is 163 Å². The molecule has 0 aliphatic heterocycles. The van der Waals surface area contributed by atoms with Crippen LogP contribution in [0.4, 0.5) is 0 Å². The van der Waals surface area contributed by atoms with Gasteiger partial charge in [0, 0.05) is 37.0 Å². The second-order valence-electron chi connectivity index (χ2n) is 6.25. The molecule has 0 aliphatic rings. The summed E-state index contributed by atoms with van der Waals surface area (Å²) in [5.74, 6) is 1.63. The lowest BCUT2D eigenvalue weighted by molar-refractivity contribution is 0.0487. The number of pyridine rings is 1. The van der Waals surface area contributed by atoms with Gasteiger partial charge in [-0.3, -0.25) is 4.98 Å². The molecular weight excluding hydrogens is 344 g/mol. The number of methoxy groups -OCH3 is 1. The van der Waals surface area contributed by atoms with Crippen LogP contribution in [0.3, 0.4) is 0 Å². The fraction of sp³-hybridized carbons (Fsp3) is 0.700. The number of aryl methyl sites for hydroxylation is 1. The van der Waals surface area contributed by atoms with Gasteiger partial charge in [0.15, 0.2) is 5.96 Å². The smallest absolute Gasteiger partial charge is 0.191 e. The highest BCUT2D eigenvalue weighted by Gasteiger charge is 2.09. The molecule has 154 valence electrons. The van der Waals surface area contributed by atoms with Crippen LogP contribution in [0.25, 0.3) is 0 Å². The van der Waals surface area contributed by atoms with Crippen molar-refractivity contribution in [3.8, 4) is 5.75 Å². The standard InChI is InChI=1S/C20H36N4O3/c1-6-8-10-26-12-13-27-11-9-22-20(21-7-2)24-15-18-17(4)19(25-5)16(3)14-23-18/h14H,6-13,15H2,1-5H3,(H2,21,22,24). The molecule has 1 heterocycles. The zero-order valence-electron chi connectivity index (χ0n) is 17.6. The van der Waals surface area contributed by atoms with E-state index in [0.29, 0.717) is 32.9 Å². The van der Waals surface area contributed by atoms with Gasteiger partial charge in [0.05, 0.1) is 39.2 Å². The van der Waals surface area contributed by atoms with Gasteiger partial charge in [-0.05, 0) is 27.2 Å². The molecule has 0 fully saturated rings. The molecule has 0 bridgehead atoms. The van der Waals surface area contributed by atoms with Crippen molar-refractivity contribution in [1.29, 1.82) is 0 Å². The van der Waals surface area contributed by atoms with Crippen LogP contribution in [0.15, 0.2) is 11.2 Å². The molecule has 1 aromatic heterocycles. The number of aliphatic imine (C=N–C) groups is 1. The van der Waals surface area contributed by atoms with Crippen LogP contribution in [-0.2, 0) is 16.0 Å². The van der Waals surface area contributed by atoms with E-state index in [9.17, 15) is 0 Å². The molecule has 27 heavy (non-hydrogen) atoms. The first-order valence-electron chi connectivity index (χ1n) is 9.80. The van der Waals surface area contributed by atoms with Crippen LogP contribution >= 0.6 is 0 Å². The molecule has 0 atom stereocenters. The summed E-state index contributed by atoms with van der Waals surface area (Å²) in [6.45, 7) is 12.9. The Bertz CT molecular complexity index is 564. The fourth-order valence-electron chi connectivity index (χ4n) is 2.54. The van der Waals surface area contributed by atoms with Gasteiger partial charge in [-0.25, -0.2) is 4.99 Å². The lowest BCUT2D eigenvalue weighted by Gasteiger charge is -2.13. The number of unbranched alkanes of at least 4 members (excludes halogenated alkanes) is 1. The van der Waals surface area contributed by atoms with E-state index in [-0.39, 0.29) is 0 Å². The van der Waals surface area contributed by atoms with Crippen LogP contribution in [0.5, 0.6) is 5.75 Å². The number of hydrogen-bond acceptors (Lipinski definition) is 5. The van der Waals surface area contributed by atoms with Gasteiger partial charge < -0.3 is 24.8 Å². The van der Waals surface area contributed by atoms with E-state index in [2.05, 4.69) is 27.5 Å². The van der Waals surface area contributed by atoms with Crippen molar-refractivity contribution in [2.75, 3.05) is 46.6 Å². The van der Waals surface area contributed by atoms with Gasteiger partial charge in [-0.1, -0.05) is 13.3 Å². The van der Waals surface area contributed by atoms with Crippen molar-refractivity contribution in [2.45, 2.75) is 47.1 Å². The highest BCUT2D eigenvalue weighted by Crippen LogP contribution is 2.24. The Morgan fingerprint density at radius 3 is 2.48 bits per heavy atom. The summed E-state index contributed by atoms with van der Waals surface area (Å²) >= 11 is 0. The summed E-state index contributed by atoms with van der Waals surface area (Å²) in [6, 6.07) is 0. The van der Waals surface area contributed by atoms with Crippen LogP contribution in [0.2, 0.25) is 0 Å². The predicted molar refractivity (Wildman–Crippen MR) is 110 cm³/mol. The van der Waals surface area contributed by atoms with Crippen molar-refractivity contribution in [1.82, 2.24) is 15.6 Å². The summed E-state index contributed by atoms with van der Waals surface area (Å²) in [7, 11) is 1.68. The number of nitrogens with one attached hydrogen (secondary N) is 2. The van der Waals surface area contributed by atoms with Crippen LogP contribution < -0.4 is 15.4 Å². The number of guanidine groups is 1. The molecule has 0 unspecified atom stereocenters. The number of rotatable bonds is 13. The largest absolute Gasteiger partial charge is 0.496 e. The number of nitrogens with zero attached hydrogens (tertiary/aromatic N) is 2. The Morgan fingerprint density at radius 1 is 1.07 bits per heavy atom.